The van der Waals surface area contributed by atoms with Gasteiger partial charge in [-0.25, -0.2) is 4.68 Å². The molecule has 1 heterocycles. The minimum atomic E-state index is -0.384. The third-order valence-electron chi connectivity index (χ3n) is 5.25. The summed E-state index contributed by atoms with van der Waals surface area (Å²) in [5.41, 5.74) is 4.04. The Kier molecular flexibility index (Phi) is 8.02. The molecule has 0 aliphatic rings. The van der Waals surface area contributed by atoms with Crippen LogP contribution in [0, 0.1) is 6.92 Å². The number of benzene rings is 2. The molecule has 0 aliphatic heterocycles. The van der Waals surface area contributed by atoms with Crippen LogP contribution < -0.4 is 15.4 Å². The van der Waals surface area contributed by atoms with Gasteiger partial charge in [0.2, 0.25) is 11.8 Å². The maximum atomic E-state index is 12.5. The van der Waals surface area contributed by atoms with Crippen LogP contribution >= 0.6 is 0 Å². The van der Waals surface area contributed by atoms with Crippen LogP contribution in [-0.2, 0) is 16.0 Å². The number of hydrogen-bond donors (Lipinski definition) is 2. The number of nitrogens with zero attached hydrogens (tertiary/aromatic N) is 2. The molecule has 2 aromatic carbocycles. The highest BCUT2D eigenvalue weighted by Gasteiger charge is 2.17. The summed E-state index contributed by atoms with van der Waals surface area (Å²) in [6, 6.07) is 17.0. The van der Waals surface area contributed by atoms with Gasteiger partial charge in [-0.3, -0.25) is 9.59 Å². The molecule has 2 N–H and O–H groups in total. The first-order valence-electron chi connectivity index (χ1n) is 10.7. The minimum absolute atomic E-state index is 0.101. The Morgan fingerprint density at radius 1 is 1.09 bits per heavy atom. The van der Waals surface area contributed by atoms with E-state index in [0.29, 0.717) is 6.54 Å². The summed E-state index contributed by atoms with van der Waals surface area (Å²) < 4.78 is 7.06. The highest BCUT2D eigenvalue weighted by molar-refractivity contribution is 5.79. The number of nitrogens with one attached hydrogen (secondary N) is 2. The van der Waals surface area contributed by atoms with Crippen LogP contribution in [0.15, 0.2) is 60.8 Å². The summed E-state index contributed by atoms with van der Waals surface area (Å²) in [6.45, 7) is 4.01. The van der Waals surface area contributed by atoms with Gasteiger partial charge in [-0.15, -0.1) is 0 Å². The van der Waals surface area contributed by atoms with E-state index < -0.39 is 0 Å². The lowest BCUT2D eigenvalue weighted by atomic mass is 10.0. The molecule has 0 spiro atoms. The lowest BCUT2D eigenvalue weighted by Gasteiger charge is -2.18. The number of rotatable bonds is 10. The van der Waals surface area contributed by atoms with Crippen LogP contribution in [0.2, 0.25) is 0 Å². The average Bonchev–Trinajstić information content (AvgIpc) is 3.17. The molecule has 1 aromatic heterocycles. The van der Waals surface area contributed by atoms with E-state index in [0.717, 1.165) is 41.1 Å². The molecule has 0 aliphatic carbocycles. The van der Waals surface area contributed by atoms with Gasteiger partial charge in [0, 0.05) is 19.7 Å². The van der Waals surface area contributed by atoms with Crippen molar-refractivity contribution >= 4 is 11.8 Å². The zero-order chi connectivity index (χ0) is 22.9. The van der Waals surface area contributed by atoms with Gasteiger partial charge in [0.1, 0.15) is 5.75 Å². The van der Waals surface area contributed by atoms with Crippen molar-refractivity contribution in [2.24, 2.45) is 0 Å². The van der Waals surface area contributed by atoms with Gasteiger partial charge >= 0.3 is 0 Å². The second kappa shape index (κ2) is 11.1. The van der Waals surface area contributed by atoms with Gasteiger partial charge in [-0.05, 0) is 55.2 Å². The number of para-hydroxylation sites is 1. The fourth-order valence-electron chi connectivity index (χ4n) is 3.55. The molecule has 1 atom stereocenters. The first-order chi connectivity index (χ1) is 15.5. The molecule has 0 saturated carbocycles. The van der Waals surface area contributed by atoms with Crippen molar-refractivity contribution in [1.29, 1.82) is 0 Å². The largest absolute Gasteiger partial charge is 0.497 e. The molecule has 1 unspecified atom stereocenters. The van der Waals surface area contributed by atoms with Crippen molar-refractivity contribution in [3.05, 3.63) is 77.6 Å². The van der Waals surface area contributed by atoms with Crippen molar-refractivity contribution < 1.29 is 14.3 Å². The second-order valence-electron chi connectivity index (χ2n) is 7.70. The second-order valence-corrected chi connectivity index (χ2v) is 7.70. The summed E-state index contributed by atoms with van der Waals surface area (Å²) in [5.74, 6) is 0.450. The number of aryl methyl sites for hydroxylation is 2. The summed E-state index contributed by atoms with van der Waals surface area (Å²) in [6.07, 6.45) is 3.85. The van der Waals surface area contributed by atoms with E-state index >= 15 is 0 Å². The van der Waals surface area contributed by atoms with E-state index in [1.54, 1.807) is 7.11 Å². The van der Waals surface area contributed by atoms with Crippen molar-refractivity contribution in [3.63, 3.8) is 0 Å². The SMILES string of the molecule is COc1ccc(C(CC(=O)NCCCc2cn(-c3ccccc3)nc2C)NC(C)=O)cc1. The van der Waals surface area contributed by atoms with Gasteiger partial charge in [-0.2, -0.15) is 5.10 Å². The van der Waals surface area contributed by atoms with Gasteiger partial charge < -0.3 is 15.4 Å². The molecular formula is C25H30N4O3. The Balaban J connectivity index is 1.50. The lowest BCUT2D eigenvalue weighted by molar-refractivity contribution is -0.122. The zero-order valence-corrected chi connectivity index (χ0v) is 18.8. The smallest absolute Gasteiger partial charge is 0.222 e. The number of carbonyl (C=O) groups excluding carboxylic acids is 2. The predicted molar refractivity (Wildman–Crippen MR) is 124 cm³/mol. The minimum Gasteiger partial charge on any atom is -0.497 e. The maximum Gasteiger partial charge on any atom is 0.222 e. The number of carbonyl (C=O) groups is 2. The monoisotopic (exact) mass is 434 g/mol. The van der Waals surface area contributed by atoms with Crippen LogP contribution in [0.5, 0.6) is 5.75 Å². The fourth-order valence-corrected chi connectivity index (χ4v) is 3.55. The Bertz CT molecular complexity index is 1030. The average molecular weight is 435 g/mol. The van der Waals surface area contributed by atoms with Crippen LogP contribution in [0.25, 0.3) is 5.69 Å². The molecule has 2 amide bonds. The zero-order valence-electron chi connectivity index (χ0n) is 18.8. The molecule has 3 rings (SSSR count). The molecule has 7 heteroatoms. The third-order valence-corrected chi connectivity index (χ3v) is 5.25. The van der Waals surface area contributed by atoms with Crippen molar-refractivity contribution in [3.8, 4) is 11.4 Å². The standard InChI is InChI=1S/C25H30N4O3/c1-18-21(17-29(28-18)22-9-5-4-6-10-22)8-7-15-26-25(31)16-24(27-19(2)30)20-11-13-23(32-3)14-12-20/h4-6,9-14,17,24H,7-8,15-16H2,1-3H3,(H,26,31)(H,27,30). The lowest BCUT2D eigenvalue weighted by Crippen LogP contribution is -2.33. The number of aromatic nitrogens is 2. The van der Waals surface area contributed by atoms with Crippen LogP contribution in [0.3, 0.4) is 0 Å². The predicted octanol–water partition coefficient (Wildman–Crippen LogP) is 3.51. The normalized spacial score (nSPS) is 11.6. The van der Waals surface area contributed by atoms with E-state index in [9.17, 15) is 9.59 Å². The number of hydrogen-bond acceptors (Lipinski definition) is 4. The number of methoxy groups -OCH3 is 1. The fraction of sp³-hybridized carbons (Fsp3) is 0.320. The van der Waals surface area contributed by atoms with E-state index in [2.05, 4.69) is 15.7 Å². The quantitative estimate of drug-likeness (QED) is 0.478. The Labute approximate surface area is 188 Å². The van der Waals surface area contributed by atoms with Gasteiger partial charge in [0.25, 0.3) is 0 Å². The summed E-state index contributed by atoms with van der Waals surface area (Å²) in [4.78, 5) is 24.1. The molecule has 0 bridgehead atoms. The Morgan fingerprint density at radius 2 is 1.81 bits per heavy atom. The molecular weight excluding hydrogens is 404 g/mol. The summed E-state index contributed by atoms with van der Waals surface area (Å²) in [7, 11) is 1.60. The first-order valence-corrected chi connectivity index (χ1v) is 10.7. The summed E-state index contributed by atoms with van der Waals surface area (Å²) >= 11 is 0. The van der Waals surface area contributed by atoms with Crippen molar-refractivity contribution in [2.45, 2.75) is 39.2 Å². The van der Waals surface area contributed by atoms with E-state index in [1.165, 1.54) is 6.92 Å². The third kappa shape index (κ3) is 6.44. The molecule has 3 aromatic rings. The van der Waals surface area contributed by atoms with Gasteiger partial charge in [0.05, 0.1) is 31.0 Å². The van der Waals surface area contributed by atoms with Crippen molar-refractivity contribution in [1.82, 2.24) is 20.4 Å². The first kappa shape index (κ1) is 23.1. The van der Waals surface area contributed by atoms with Crippen LogP contribution in [0.1, 0.15) is 42.6 Å². The highest BCUT2D eigenvalue weighted by atomic mass is 16.5. The topological polar surface area (TPSA) is 85.2 Å². The molecule has 0 fully saturated rings. The van der Waals surface area contributed by atoms with Crippen LogP contribution in [-0.4, -0.2) is 35.2 Å². The Hall–Kier alpha value is -3.61. The van der Waals surface area contributed by atoms with Gasteiger partial charge in [0.15, 0.2) is 0 Å². The Morgan fingerprint density at radius 3 is 2.47 bits per heavy atom. The summed E-state index contributed by atoms with van der Waals surface area (Å²) in [5, 5.41) is 10.4. The van der Waals surface area contributed by atoms with E-state index in [-0.39, 0.29) is 24.3 Å². The van der Waals surface area contributed by atoms with Gasteiger partial charge in [-0.1, -0.05) is 30.3 Å². The number of ether oxygens (including phenoxy) is 1. The maximum absolute atomic E-state index is 12.5. The van der Waals surface area contributed by atoms with E-state index in [1.807, 2.05) is 72.4 Å². The van der Waals surface area contributed by atoms with E-state index in [4.69, 9.17) is 4.74 Å². The molecule has 32 heavy (non-hydrogen) atoms. The molecule has 0 saturated heterocycles. The number of amides is 2. The molecule has 168 valence electrons. The highest BCUT2D eigenvalue weighted by Crippen LogP contribution is 2.20. The van der Waals surface area contributed by atoms with Crippen molar-refractivity contribution in [2.75, 3.05) is 13.7 Å². The molecule has 0 radical (unpaired) electrons. The molecule has 7 nitrogen and oxygen atoms in total. The van der Waals surface area contributed by atoms with Crippen LogP contribution in [0.4, 0.5) is 0 Å².